The lowest BCUT2D eigenvalue weighted by Crippen LogP contribution is -2.44. The molecule has 1 N–H and O–H groups in total. The van der Waals surface area contributed by atoms with Gasteiger partial charge in [-0.2, -0.15) is 17.5 Å². The molecule has 1 amide bonds. The lowest BCUT2D eigenvalue weighted by atomic mass is 9.97. The molecular formula is C21H26F3N3O4S. The minimum absolute atomic E-state index is 0.0615. The van der Waals surface area contributed by atoms with Crippen molar-refractivity contribution in [3.05, 3.63) is 54.0 Å². The number of furan rings is 1. The van der Waals surface area contributed by atoms with Gasteiger partial charge in [-0.3, -0.25) is 9.69 Å². The van der Waals surface area contributed by atoms with Gasteiger partial charge in [0.15, 0.2) is 0 Å². The summed E-state index contributed by atoms with van der Waals surface area (Å²) in [4.78, 5) is 14.1. The van der Waals surface area contributed by atoms with Gasteiger partial charge in [-0.1, -0.05) is 6.07 Å². The second-order valence-corrected chi connectivity index (χ2v) is 9.88. The number of likely N-dealkylation sites (N-methyl/N-ethyl adjacent to an activating group) is 1. The summed E-state index contributed by atoms with van der Waals surface area (Å²) in [6.45, 7) is 0.458. The summed E-state index contributed by atoms with van der Waals surface area (Å²) >= 11 is 0. The zero-order valence-corrected chi connectivity index (χ0v) is 18.6. The standard InChI is InChI=1S/C21H26F3N3O4S/c1-26(2)18(19-7-4-12-31-19)14-25-20(28)15-8-10-27(11-9-15)32(29,30)17-6-3-5-16(13-17)21(22,23)24/h3-7,12-13,15,18H,8-11,14H2,1-2H3,(H,25,28). The van der Waals surface area contributed by atoms with Gasteiger partial charge in [0.1, 0.15) is 5.76 Å². The van der Waals surface area contributed by atoms with E-state index in [0.29, 0.717) is 12.6 Å². The first-order valence-electron chi connectivity index (χ1n) is 10.1. The molecule has 1 fully saturated rings. The van der Waals surface area contributed by atoms with Crippen LogP contribution in [0.5, 0.6) is 0 Å². The first kappa shape index (κ1) is 24.3. The van der Waals surface area contributed by atoms with Crippen molar-refractivity contribution in [3.8, 4) is 0 Å². The Labute approximate surface area is 185 Å². The van der Waals surface area contributed by atoms with Gasteiger partial charge < -0.3 is 9.73 Å². The van der Waals surface area contributed by atoms with E-state index in [9.17, 15) is 26.4 Å². The van der Waals surface area contributed by atoms with Crippen molar-refractivity contribution in [1.29, 1.82) is 0 Å². The number of benzene rings is 1. The van der Waals surface area contributed by atoms with E-state index < -0.39 is 26.7 Å². The van der Waals surface area contributed by atoms with Crippen LogP contribution in [0, 0.1) is 5.92 Å². The molecule has 0 saturated carbocycles. The lowest BCUT2D eigenvalue weighted by Gasteiger charge is -2.31. The van der Waals surface area contributed by atoms with Crippen LogP contribution in [-0.4, -0.2) is 57.3 Å². The van der Waals surface area contributed by atoms with Crippen molar-refractivity contribution in [3.63, 3.8) is 0 Å². The Bertz CT molecular complexity index is 1020. The Hall–Kier alpha value is -2.37. The smallest absolute Gasteiger partial charge is 0.416 e. The number of alkyl halides is 3. The lowest BCUT2D eigenvalue weighted by molar-refractivity contribution is -0.137. The number of halogens is 3. The number of carbonyl (C=O) groups is 1. The van der Waals surface area contributed by atoms with Crippen LogP contribution in [0.25, 0.3) is 0 Å². The highest BCUT2D eigenvalue weighted by Gasteiger charge is 2.35. The molecule has 176 valence electrons. The Morgan fingerprint density at radius 2 is 1.91 bits per heavy atom. The maximum absolute atomic E-state index is 12.9. The molecule has 1 aromatic carbocycles. The van der Waals surface area contributed by atoms with E-state index in [1.54, 1.807) is 12.3 Å². The molecule has 32 heavy (non-hydrogen) atoms. The molecule has 3 rings (SSSR count). The summed E-state index contributed by atoms with van der Waals surface area (Å²) in [7, 11) is -0.335. The predicted molar refractivity (Wildman–Crippen MR) is 111 cm³/mol. The van der Waals surface area contributed by atoms with E-state index in [4.69, 9.17) is 4.42 Å². The molecule has 0 radical (unpaired) electrons. The minimum Gasteiger partial charge on any atom is -0.468 e. The summed E-state index contributed by atoms with van der Waals surface area (Å²) in [5.74, 6) is 0.166. The van der Waals surface area contributed by atoms with Gasteiger partial charge in [-0.25, -0.2) is 8.42 Å². The van der Waals surface area contributed by atoms with Crippen LogP contribution < -0.4 is 5.32 Å². The van der Waals surface area contributed by atoms with Crippen LogP contribution in [0.3, 0.4) is 0 Å². The molecule has 1 atom stereocenters. The molecule has 0 aliphatic carbocycles. The van der Waals surface area contributed by atoms with Crippen LogP contribution in [-0.2, 0) is 21.0 Å². The number of nitrogens with one attached hydrogen (secondary N) is 1. The second-order valence-electron chi connectivity index (χ2n) is 7.94. The van der Waals surface area contributed by atoms with Gasteiger partial charge in [0, 0.05) is 25.6 Å². The van der Waals surface area contributed by atoms with Gasteiger partial charge in [0.2, 0.25) is 15.9 Å². The van der Waals surface area contributed by atoms with Crippen molar-refractivity contribution in [2.45, 2.75) is 30.0 Å². The first-order chi connectivity index (χ1) is 15.0. The normalized spacial score (nSPS) is 17.4. The zero-order valence-electron chi connectivity index (χ0n) is 17.8. The number of hydrogen-bond donors (Lipinski definition) is 1. The highest BCUT2D eigenvalue weighted by Crippen LogP contribution is 2.32. The van der Waals surface area contributed by atoms with Crippen LogP contribution in [0.4, 0.5) is 13.2 Å². The van der Waals surface area contributed by atoms with E-state index in [1.165, 1.54) is 0 Å². The van der Waals surface area contributed by atoms with Crippen molar-refractivity contribution in [1.82, 2.24) is 14.5 Å². The number of amides is 1. The summed E-state index contributed by atoms with van der Waals surface area (Å²) in [6, 6.07) is 7.16. The molecule has 11 heteroatoms. The maximum atomic E-state index is 12.9. The van der Waals surface area contributed by atoms with E-state index in [0.717, 1.165) is 28.3 Å². The number of sulfonamides is 1. The average molecular weight is 474 g/mol. The summed E-state index contributed by atoms with van der Waals surface area (Å²) < 4.78 is 71.0. The Balaban J connectivity index is 1.59. The Morgan fingerprint density at radius 3 is 2.47 bits per heavy atom. The molecule has 0 spiro atoms. The Morgan fingerprint density at radius 1 is 1.22 bits per heavy atom. The molecule has 1 aliphatic rings. The van der Waals surface area contributed by atoms with E-state index >= 15 is 0 Å². The van der Waals surface area contributed by atoms with Gasteiger partial charge in [-0.05, 0) is 57.3 Å². The number of hydrogen-bond acceptors (Lipinski definition) is 5. The van der Waals surface area contributed by atoms with Gasteiger partial charge >= 0.3 is 6.18 Å². The van der Waals surface area contributed by atoms with Crippen LogP contribution in [0.1, 0.15) is 30.2 Å². The number of carbonyl (C=O) groups excluding carboxylic acids is 1. The molecule has 2 aromatic rings. The Kier molecular flexibility index (Phi) is 7.31. The molecule has 1 saturated heterocycles. The summed E-state index contributed by atoms with van der Waals surface area (Å²) in [5.41, 5.74) is -1.01. The number of nitrogens with zero attached hydrogens (tertiary/aromatic N) is 2. The van der Waals surface area contributed by atoms with Gasteiger partial charge in [0.05, 0.1) is 22.8 Å². The molecule has 2 heterocycles. The van der Waals surface area contributed by atoms with Gasteiger partial charge in [-0.15, -0.1) is 0 Å². The van der Waals surface area contributed by atoms with Crippen LogP contribution in [0.2, 0.25) is 0 Å². The van der Waals surface area contributed by atoms with Crippen molar-refractivity contribution < 1.29 is 30.8 Å². The van der Waals surface area contributed by atoms with Crippen molar-refractivity contribution in [2.24, 2.45) is 5.92 Å². The third-order valence-corrected chi connectivity index (χ3v) is 7.48. The third kappa shape index (κ3) is 5.51. The molecule has 1 unspecified atom stereocenters. The fourth-order valence-electron chi connectivity index (χ4n) is 3.70. The fraction of sp³-hybridized carbons (Fsp3) is 0.476. The summed E-state index contributed by atoms with van der Waals surface area (Å²) in [6.07, 6.45) is -2.49. The van der Waals surface area contributed by atoms with Crippen molar-refractivity contribution >= 4 is 15.9 Å². The SMILES string of the molecule is CN(C)C(CNC(=O)C1CCN(S(=O)(=O)c2cccc(C(F)(F)F)c2)CC1)c1ccco1. The highest BCUT2D eigenvalue weighted by molar-refractivity contribution is 7.89. The van der Waals surface area contributed by atoms with Crippen LogP contribution in [0.15, 0.2) is 52.0 Å². The fourth-order valence-corrected chi connectivity index (χ4v) is 5.22. The zero-order chi connectivity index (χ0) is 23.5. The maximum Gasteiger partial charge on any atom is 0.416 e. The van der Waals surface area contributed by atoms with Crippen LogP contribution >= 0.6 is 0 Å². The molecule has 7 nitrogen and oxygen atoms in total. The quantitative estimate of drug-likeness (QED) is 0.668. The topological polar surface area (TPSA) is 82.9 Å². The molecule has 0 bridgehead atoms. The van der Waals surface area contributed by atoms with E-state index in [-0.39, 0.29) is 43.8 Å². The summed E-state index contributed by atoms with van der Waals surface area (Å²) in [5, 5.41) is 2.90. The third-order valence-electron chi connectivity index (χ3n) is 5.59. The predicted octanol–water partition coefficient (Wildman–Crippen LogP) is 3.12. The van der Waals surface area contributed by atoms with Gasteiger partial charge in [0.25, 0.3) is 0 Å². The monoisotopic (exact) mass is 473 g/mol. The van der Waals surface area contributed by atoms with E-state index in [1.807, 2.05) is 25.1 Å². The molecule has 1 aromatic heterocycles. The number of rotatable bonds is 7. The highest BCUT2D eigenvalue weighted by atomic mass is 32.2. The largest absolute Gasteiger partial charge is 0.468 e. The molecule has 1 aliphatic heterocycles. The van der Waals surface area contributed by atoms with E-state index in [2.05, 4.69) is 5.32 Å². The first-order valence-corrected chi connectivity index (χ1v) is 11.6. The van der Waals surface area contributed by atoms with Crippen molar-refractivity contribution in [2.75, 3.05) is 33.7 Å². The number of piperidine rings is 1. The average Bonchev–Trinajstić information content (AvgIpc) is 3.27. The molecular weight excluding hydrogens is 447 g/mol. The second kappa shape index (κ2) is 9.63. The minimum atomic E-state index is -4.63.